The van der Waals surface area contributed by atoms with Crippen molar-refractivity contribution >= 4 is 29.9 Å². The van der Waals surface area contributed by atoms with Gasteiger partial charge >= 0.3 is 30.0 Å². The fourth-order valence-electron chi connectivity index (χ4n) is 1.58. The largest absolute Gasteiger partial charge is 0.469 e. The fourth-order valence-corrected chi connectivity index (χ4v) is 2.07. The zero-order valence-electron chi connectivity index (χ0n) is 14.6. The van der Waals surface area contributed by atoms with Crippen molar-refractivity contribution in [2.24, 2.45) is 0 Å². The van der Waals surface area contributed by atoms with Gasteiger partial charge < -0.3 is 24.3 Å². The predicted molar refractivity (Wildman–Crippen MR) is 87.5 cm³/mol. The van der Waals surface area contributed by atoms with Crippen molar-refractivity contribution in [2.75, 3.05) is 28.4 Å². The zero-order chi connectivity index (χ0) is 19.5. The van der Waals surface area contributed by atoms with Crippen molar-refractivity contribution < 1.29 is 33.3 Å². The Bertz CT molecular complexity index is 623. The second kappa shape index (κ2) is 10.9. The van der Waals surface area contributed by atoms with Gasteiger partial charge in [-0.15, -0.1) is 4.98 Å². The molecule has 2 amide bonds. The minimum Gasteiger partial charge on any atom is -0.469 e. The zero-order valence-corrected chi connectivity index (χ0v) is 15.4. The van der Waals surface area contributed by atoms with E-state index >= 15 is 0 Å². The van der Waals surface area contributed by atoms with E-state index in [0.717, 1.165) is 11.9 Å². The number of hydrogen-bond donors (Lipinski definition) is 2. The number of amides is 2. The van der Waals surface area contributed by atoms with E-state index in [1.165, 1.54) is 28.4 Å². The van der Waals surface area contributed by atoms with E-state index in [4.69, 9.17) is 9.47 Å². The quantitative estimate of drug-likeness (QED) is 0.422. The molecule has 2 N–H and O–H groups in total. The molecular formula is C13H19N5O7S. The Kier molecular flexibility index (Phi) is 8.91. The fraction of sp³-hybridized carbons (Fsp3) is 0.538. The standard InChI is InChI=1S/C13H19N5O7S/c1-22-8(19)6-5-7(9(20)23-2)14-10(21)18-26-13-16-11(24-3)15-12(17-13)25-4/h7H,5-6H2,1-4H3,(H2,14,18,21)/t7-/m0/s1. The number of methoxy groups -OCH3 is 4. The summed E-state index contributed by atoms with van der Waals surface area (Å²) in [6.45, 7) is 0. The Hall–Kier alpha value is -2.83. The summed E-state index contributed by atoms with van der Waals surface area (Å²) in [5.74, 6) is -1.21. The van der Waals surface area contributed by atoms with Crippen LogP contribution in [0.5, 0.6) is 12.0 Å². The van der Waals surface area contributed by atoms with Gasteiger partial charge in [0.15, 0.2) is 0 Å². The summed E-state index contributed by atoms with van der Waals surface area (Å²) in [6.07, 6.45) is -0.0452. The van der Waals surface area contributed by atoms with Crippen molar-refractivity contribution in [3.8, 4) is 12.0 Å². The molecule has 0 aromatic carbocycles. The first-order valence-electron chi connectivity index (χ1n) is 7.15. The Morgan fingerprint density at radius 3 is 2.12 bits per heavy atom. The number of carbonyl (C=O) groups excluding carboxylic acids is 3. The molecule has 0 aliphatic heterocycles. The van der Waals surface area contributed by atoms with Gasteiger partial charge in [0.25, 0.3) is 0 Å². The van der Waals surface area contributed by atoms with Gasteiger partial charge in [0, 0.05) is 18.4 Å². The Balaban J connectivity index is 2.64. The number of esters is 2. The molecule has 0 aliphatic rings. The first kappa shape index (κ1) is 21.2. The molecule has 0 radical (unpaired) electrons. The highest BCUT2D eigenvalue weighted by atomic mass is 32.2. The molecule has 1 atom stereocenters. The summed E-state index contributed by atoms with van der Waals surface area (Å²) in [5.41, 5.74) is 0. The lowest BCUT2D eigenvalue weighted by molar-refractivity contribution is -0.144. The lowest BCUT2D eigenvalue weighted by Gasteiger charge is -2.16. The van der Waals surface area contributed by atoms with E-state index in [1.807, 2.05) is 0 Å². The van der Waals surface area contributed by atoms with E-state index in [-0.39, 0.29) is 30.0 Å². The molecule has 12 nitrogen and oxygen atoms in total. The molecule has 0 fully saturated rings. The molecule has 144 valence electrons. The number of urea groups is 1. The van der Waals surface area contributed by atoms with E-state index in [1.54, 1.807) is 0 Å². The number of nitrogens with zero attached hydrogens (tertiary/aromatic N) is 3. The van der Waals surface area contributed by atoms with E-state index < -0.39 is 24.0 Å². The molecule has 1 heterocycles. The van der Waals surface area contributed by atoms with Crippen LogP contribution in [0, 0.1) is 0 Å². The molecule has 0 spiro atoms. The summed E-state index contributed by atoms with van der Waals surface area (Å²) in [4.78, 5) is 46.5. The van der Waals surface area contributed by atoms with Gasteiger partial charge in [0.05, 0.1) is 28.4 Å². The van der Waals surface area contributed by atoms with Crippen LogP contribution in [0.2, 0.25) is 0 Å². The third-order valence-electron chi connectivity index (χ3n) is 2.83. The number of hydrogen-bond acceptors (Lipinski definition) is 11. The van der Waals surface area contributed by atoms with Gasteiger partial charge in [-0.2, -0.15) is 9.97 Å². The topological polar surface area (TPSA) is 151 Å². The first-order valence-corrected chi connectivity index (χ1v) is 7.97. The smallest absolute Gasteiger partial charge is 0.328 e. The van der Waals surface area contributed by atoms with Crippen molar-refractivity contribution in [3.05, 3.63) is 0 Å². The molecule has 1 aromatic rings. The molecule has 0 bridgehead atoms. The van der Waals surface area contributed by atoms with E-state index in [0.29, 0.717) is 0 Å². The van der Waals surface area contributed by atoms with Crippen molar-refractivity contribution in [2.45, 2.75) is 24.0 Å². The highest BCUT2D eigenvalue weighted by molar-refractivity contribution is 7.97. The Labute approximate surface area is 153 Å². The SMILES string of the molecule is COC(=O)CC[C@H](NC(=O)NSc1nc(OC)nc(OC)n1)C(=O)OC. The summed E-state index contributed by atoms with van der Waals surface area (Å²) >= 11 is 0.750. The third kappa shape index (κ3) is 6.96. The molecule has 0 saturated heterocycles. The number of carbonyl (C=O) groups is 3. The van der Waals surface area contributed by atoms with Gasteiger partial charge in [-0.05, 0) is 6.42 Å². The minimum atomic E-state index is -1.03. The molecule has 13 heteroatoms. The monoisotopic (exact) mass is 389 g/mol. The van der Waals surface area contributed by atoms with Gasteiger partial charge in [0.2, 0.25) is 5.16 Å². The number of ether oxygens (including phenoxy) is 4. The minimum absolute atomic E-state index is 0.00655. The van der Waals surface area contributed by atoms with Crippen molar-refractivity contribution in [1.29, 1.82) is 0 Å². The van der Waals surface area contributed by atoms with Gasteiger partial charge in [-0.3, -0.25) is 9.52 Å². The molecule has 1 aromatic heterocycles. The van der Waals surface area contributed by atoms with Crippen LogP contribution in [0.3, 0.4) is 0 Å². The summed E-state index contributed by atoms with van der Waals surface area (Å²) in [5, 5.41) is 2.49. The Morgan fingerprint density at radius 2 is 1.62 bits per heavy atom. The van der Waals surface area contributed by atoms with Gasteiger partial charge in [-0.1, -0.05) is 0 Å². The van der Waals surface area contributed by atoms with Gasteiger partial charge in [0.1, 0.15) is 6.04 Å². The molecule has 1 rings (SSSR count). The van der Waals surface area contributed by atoms with Crippen LogP contribution >= 0.6 is 11.9 Å². The highest BCUT2D eigenvalue weighted by Gasteiger charge is 2.23. The van der Waals surface area contributed by atoms with Gasteiger partial charge in [-0.25, -0.2) is 9.59 Å². The second-order valence-corrected chi connectivity index (χ2v) is 5.23. The lowest BCUT2D eigenvalue weighted by atomic mass is 10.1. The molecule has 26 heavy (non-hydrogen) atoms. The maximum absolute atomic E-state index is 12.0. The third-order valence-corrected chi connectivity index (χ3v) is 3.48. The highest BCUT2D eigenvalue weighted by Crippen LogP contribution is 2.15. The van der Waals surface area contributed by atoms with Crippen LogP contribution in [0.15, 0.2) is 5.16 Å². The summed E-state index contributed by atoms with van der Waals surface area (Å²) in [6, 6.07) is -1.73. The Morgan fingerprint density at radius 1 is 1.00 bits per heavy atom. The maximum Gasteiger partial charge on any atom is 0.328 e. The van der Waals surface area contributed by atoms with Crippen LogP contribution in [-0.2, 0) is 19.1 Å². The maximum atomic E-state index is 12.0. The predicted octanol–water partition coefficient (Wildman–Crippen LogP) is -0.310. The normalized spacial score (nSPS) is 11.1. The summed E-state index contributed by atoms with van der Waals surface area (Å²) in [7, 11) is 5.13. The van der Waals surface area contributed by atoms with Crippen molar-refractivity contribution in [3.63, 3.8) is 0 Å². The van der Waals surface area contributed by atoms with Crippen LogP contribution in [0.25, 0.3) is 0 Å². The average Bonchev–Trinajstić information content (AvgIpc) is 2.67. The average molecular weight is 389 g/mol. The van der Waals surface area contributed by atoms with Crippen LogP contribution in [0.4, 0.5) is 4.79 Å². The first-order chi connectivity index (χ1) is 12.4. The number of aromatic nitrogens is 3. The molecular weight excluding hydrogens is 370 g/mol. The van der Waals surface area contributed by atoms with Crippen molar-refractivity contribution in [1.82, 2.24) is 25.0 Å². The molecule has 0 unspecified atom stereocenters. The van der Waals surface area contributed by atoms with Crippen LogP contribution in [0.1, 0.15) is 12.8 Å². The molecule has 0 aliphatic carbocycles. The van der Waals surface area contributed by atoms with Crippen LogP contribution < -0.4 is 19.5 Å². The van der Waals surface area contributed by atoms with Crippen LogP contribution in [-0.4, -0.2) is 67.4 Å². The second-order valence-electron chi connectivity index (χ2n) is 4.46. The van der Waals surface area contributed by atoms with E-state index in [2.05, 4.69) is 34.5 Å². The number of rotatable bonds is 9. The summed E-state index contributed by atoms with van der Waals surface area (Å²) < 4.78 is 21.3. The lowest BCUT2D eigenvalue weighted by Crippen LogP contribution is -2.45. The van der Waals surface area contributed by atoms with E-state index in [9.17, 15) is 14.4 Å². The molecule has 0 saturated carbocycles. The number of nitrogens with one attached hydrogen (secondary N) is 2.